The van der Waals surface area contributed by atoms with Crippen LogP contribution >= 0.6 is 0 Å². The molecule has 1 rings (SSSR count). The lowest BCUT2D eigenvalue weighted by molar-refractivity contribution is -0.126. The number of ether oxygens (including phenoxy) is 2. The first kappa shape index (κ1) is 15.9. The molecule has 0 aromatic rings. The number of hydrogen-bond donors (Lipinski definition) is 2. The van der Waals surface area contributed by atoms with Crippen LogP contribution < -0.4 is 10.6 Å². The van der Waals surface area contributed by atoms with E-state index in [-0.39, 0.29) is 24.3 Å². The van der Waals surface area contributed by atoms with Crippen LogP contribution in [-0.2, 0) is 19.1 Å². The summed E-state index contributed by atoms with van der Waals surface area (Å²) in [5.74, 6) is 0.205. The van der Waals surface area contributed by atoms with Crippen LogP contribution in [0.3, 0.4) is 0 Å². The monoisotopic (exact) mass is 272 g/mol. The zero-order chi connectivity index (χ0) is 13.9. The minimum atomic E-state index is -0.149. The number of likely N-dealkylation sites (N-methyl/N-ethyl adjacent to an activating group) is 1. The highest BCUT2D eigenvalue weighted by Crippen LogP contribution is 2.24. The summed E-state index contributed by atoms with van der Waals surface area (Å²) < 4.78 is 10.4. The van der Waals surface area contributed by atoms with Crippen molar-refractivity contribution in [3.63, 3.8) is 0 Å². The quantitative estimate of drug-likeness (QED) is 0.582. The molecule has 110 valence electrons. The van der Waals surface area contributed by atoms with Gasteiger partial charge in [0.1, 0.15) is 6.61 Å². The van der Waals surface area contributed by atoms with Gasteiger partial charge < -0.3 is 20.1 Å². The second-order valence-corrected chi connectivity index (χ2v) is 4.61. The highest BCUT2D eigenvalue weighted by atomic mass is 16.5. The van der Waals surface area contributed by atoms with Gasteiger partial charge in [0.05, 0.1) is 19.8 Å². The van der Waals surface area contributed by atoms with Crippen molar-refractivity contribution in [2.24, 2.45) is 5.92 Å². The molecule has 0 heterocycles. The number of carbonyl (C=O) groups is 2. The van der Waals surface area contributed by atoms with Crippen LogP contribution in [0, 0.1) is 5.92 Å². The molecule has 0 unspecified atom stereocenters. The third-order valence-electron chi connectivity index (χ3n) is 3.16. The van der Waals surface area contributed by atoms with Gasteiger partial charge >= 0.3 is 0 Å². The molecule has 1 saturated carbocycles. The summed E-state index contributed by atoms with van der Waals surface area (Å²) in [6.07, 6.45) is 4.36. The van der Waals surface area contributed by atoms with E-state index in [4.69, 9.17) is 9.47 Å². The van der Waals surface area contributed by atoms with Crippen LogP contribution in [-0.4, -0.2) is 51.8 Å². The predicted octanol–water partition coefficient (Wildman–Crippen LogP) is 0.0720. The highest BCUT2D eigenvalue weighted by molar-refractivity contribution is 5.78. The van der Waals surface area contributed by atoms with Crippen LogP contribution in [0.25, 0.3) is 0 Å². The normalized spacial score (nSPS) is 15.4. The summed E-state index contributed by atoms with van der Waals surface area (Å²) in [5.41, 5.74) is 0. The van der Waals surface area contributed by atoms with Crippen molar-refractivity contribution in [3.8, 4) is 0 Å². The Morgan fingerprint density at radius 3 is 2.47 bits per heavy atom. The molecule has 0 atom stereocenters. The zero-order valence-corrected chi connectivity index (χ0v) is 11.6. The van der Waals surface area contributed by atoms with Crippen LogP contribution in [0.4, 0.5) is 0 Å². The van der Waals surface area contributed by atoms with E-state index in [9.17, 15) is 9.59 Å². The molecule has 0 bridgehead atoms. The number of carbonyl (C=O) groups excluding carboxylic acids is 2. The Morgan fingerprint density at radius 1 is 1.11 bits per heavy atom. The molecular formula is C13H24N2O4. The van der Waals surface area contributed by atoms with Crippen molar-refractivity contribution in [1.29, 1.82) is 0 Å². The second kappa shape index (κ2) is 9.75. The number of amides is 2. The first-order chi connectivity index (χ1) is 9.24. The van der Waals surface area contributed by atoms with E-state index >= 15 is 0 Å². The summed E-state index contributed by atoms with van der Waals surface area (Å²) in [5, 5.41) is 5.34. The molecule has 0 saturated heterocycles. The molecule has 0 aliphatic heterocycles. The first-order valence-electron chi connectivity index (χ1n) is 6.88. The van der Waals surface area contributed by atoms with E-state index in [2.05, 4.69) is 10.6 Å². The number of rotatable bonds is 9. The van der Waals surface area contributed by atoms with Gasteiger partial charge in [-0.1, -0.05) is 12.8 Å². The van der Waals surface area contributed by atoms with E-state index < -0.39 is 0 Å². The van der Waals surface area contributed by atoms with Crippen molar-refractivity contribution >= 4 is 11.8 Å². The van der Waals surface area contributed by atoms with Crippen molar-refractivity contribution in [2.45, 2.75) is 25.7 Å². The van der Waals surface area contributed by atoms with Gasteiger partial charge in [-0.15, -0.1) is 0 Å². The Hall–Kier alpha value is -1.14. The summed E-state index contributed by atoms with van der Waals surface area (Å²) >= 11 is 0. The predicted molar refractivity (Wildman–Crippen MR) is 70.7 cm³/mol. The maximum absolute atomic E-state index is 11.7. The Morgan fingerprint density at radius 2 is 1.79 bits per heavy atom. The maximum atomic E-state index is 11.7. The van der Waals surface area contributed by atoms with E-state index in [0.717, 1.165) is 25.7 Å². The smallest absolute Gasteiger partial charge is 0.245 e. The Kier molecular flexibility index (Phi) is 8.16. The standard InChI is InChI=1S/C13H24N2O4/c1-14-12(16)10-19-9-8-18-7-6-15-13(17)11-4-2-3-5-11/h11H,2-10H2,1H3,(H,14,16)(H,15,17). The van der Waals surface area contributed by atoms with Crippen molar-refractivity contribution in [3.05, 3.63) is 0 Å². The first-order valence-corrected chi connectivity index (χ1v) is 6.88. The summed E-state index contributed by atoms with van der Waals surface area (Å²) in [6.45, 7) is 1.87. The van der Waals surface area contributed by atoms with Crippen LogP contribution in [0.2, 0.25) is 0 Å². The molecule has 0 spiro atoms. The largest absolute Gasteiger partial charge is 0.377 e. The third-order valence-corrected chi connectivity index (χ3v) is 3.16. The van der Waals surface area contributed by atoms with Gasteiger partial charge in [-0.3, -0.25) is 9.59 Å². The summed E-state index contributed by atoms with van der Waals surface area (Å²) in [6, 6.07) is 0. The van der Waals surface area contributed by atoms with Crippen LogP contribution in [0.5, 0.6) is 0 Å². The van der Waals surface area contributed by atoms with Crippen molar-refractivity contribution in [1.82, 2.24) is 10.6 Å². The van der Waals surface area contributed by atoms with Gasteiger partial charge in [-0.05, 0) is 12.8 Å². The van der Waals surface area contributed by atoms with E-state index in [0.29, 0.717) is 26.4 Å². The van der Waals surface area contributed by atoms with E-state index in [1.165, 1.54) is 0 Å². The minimum absolute atomic E-state index is 0.0538. The SMILES string of the molecule is CNC(=O)COCCOCCNC(=O)C1CCCC1. The molecule has 1 fully saturated rings. The van der Waals surface area contributed by atoms with E-state index in [1.807, 2.05) is 0 Å². The van der Waals surface area contributed by atoms with Crippen LogP contribution in [0.1, 0.15) is 25.7 Å². The molecule has 0 radical (unpaired) electrons. The molecule has 0 aromatic carbocycles. The highest BCUT2D eigenvalue weighted by Gasteiger charge is 2.21. The van der Waals surface area contributed by atoms with Crippen molar-refractivity contribution in [2.75, 3.05) is 40.0 Å². The second-order valence-electron chi connectivity index (χ2n) is 4.61. The average molecular weight is 272 g/mol. The van der Waals surface area contributed by atoms with Gasteiger partial charge in [-0.2, -0.15) is 0 Å². The molecule has 6 heteroatoms. The Labute approximate surface area is 114 Å². The zero-order valence-electron chi connectivity index (χ0n) is 11.6. The van der Waals surface area contributed by atoms with E-state index in [1.54, 1.807) is 7.05 Å². The Balaban J connectivity index is 1.85. The fourth-order valence-corrected chi connectivity index (χ4v) is 2.04. The molecule has 2 amide bonds. The number of hydrogen-bond acceptors (Lipinski definition) is 4. The summed E-state index contributed by atoms with van der Waals surface area (Å²) in [7, 11) is 1.56. The van der Waals surface area contributed by atoms with Gasteiger partial charge in [-0.25, -0.2) is 0 Å². The maximum Gasteiger partial charge on any atom is 0.245 e. The summed E-state index contributed by atoms with van der Waals surface area (Å²) in [4.78, 5) is 22.5. The fraction of sp³-hybridized carbons (Fsp3) is 0.846. The van der Waals surface area contributed by atoms with Crippen LogP contribution in [0.15, 0.2) is 0 Å². The average Bonchev–Trinajstić information content (AvgIpc) is 2.95. The minimum Gasteiger partial charge on any atom is -0.377 e. The molecule has 1 aliphatic carbocycles. The van der Waals surface area contributed by atoms with Crippen molar-refractivity contribution < 1.29 is 19.1 Å². The molecule has 1 aliphatic rings. The van der Waals surface area contributed by atoms with Gasteiger partial charge in [0.25, 0.3) is 0 Å². The lowest BCUT2D eigenvalue weighted by Crippen LogP contribution is -2.32. The topological polar surface area (TPSA) is 76.7 Å². The Bertz CT molecular complexity index is 278. The van der Waals surface area contributed by atoms with Gasteiger partial charge in [0.15, 0.2) is 0 Å². The third kappa shape index (κ3) is 7.12. The molecule has 2 N–H and O–H groups in total. The molecular weight excluding hydrogens is 248 g/mol. The van der Waals surface area contributed by atoms with Gasteiger partial charge in [0.2, 0.25) is 11.8 Å². The number of nitrogens with one attached hydrogen (secondary N) is 2. The lowest BCUT2D eigenvalue weighted by Gasteiger charge is -2.10. The molecule has 19 heavy (non-hydrogen) atoms. The lowest BCUT2D eigenvalue weighted by atomic mass is 10.1. The molecule has 0 aromatic heterocycles. The fourth-order valence-electron chi connectivity index (χ4n) is 2.04. The van der Waals surface area contributed by atoms with Gasteiger partial charge in [0, 0.05) is 19.5 Å². The molecule has 6 nitrogen and oxygen atoms in total.